The molecule has 1 aromatic heterocycles. The van der Waals surface area contributed by atoms with E-state index in [1.54, 1.807) is 30.3 Å². The van der Waals surface area contributed by atoms with Gasteiger partial charge in [0.25, 0.3) is 5.91 Å². The summed E-state index contributed by atoms with van der Waals surface area (Å²) in [6, 6.07) is 9.71. The van der Waals surface area contributed by atoms with Crippen molar-refractivity contribution in [3.8, 4) is 11.5 Å². The molecule has 3 N–H and O–H groups in total. The Bertz CT molecular complexity index is 1060. The zero-order chi connectivity index (χ0) is 19.7. The standard InChI is InChI=1S/C18H15BrFN5O3/c19-11-2-1-10(13(20)7-11)9-25-17(21)16(23-24-25)18(26)22-12-3-4-14-15(8-12)28-6-5-27-14/h1-4,7-8H,5-6,9,21H2,(H,22,26). The summed E-state index contributed by atoms with van der Waals surface area (Å²) in [6.07, 6.45) is 0. The highest BCUT2D eigenvalue weighted by Crippen LogP contribution is 2.32. The van der Waals surface area contributed by atoms with E-state index in [9.17, 15) is 9.18 Å². The molecule has 144 valence electrons. The molecule has 8 nitrogen and oxygen atoms in total. The van der Waals surface area contributed by atoms with Gasteiger partial charge in [-0.1, -0.05) is 27.2 Å². The van der Waals surface area contributed by atoms with Crippen LogP contribution in [0.1, 0.15) is 16.1 Å². The first-order chi connectivity index (χ1) is 13.5. The summed E-state index contributed by atoms with van der Waals surface area (Å²) in [4.78, 5) is 12.5. The lowest BCUT2D eigenvalue weighted by Crippen LogP contribution is -2.17. The maximum absolute atomic E-state index is 14.0. The normalized spacial score (nSPS) is 12.6. The predicted molar refractivity (Wildman–Crippen MR) is 103 cm³/mol. The number of nitrogens with two attached hydrogens (primary N) is 1. The Kier molecular flexibility index (Phi) is 4.86. The van der Waals surface area contributed by atoms with Crippen molar-refractivity contribution in [1.82, 2.24) is 15.0 Å². The van der Waals surface area contributed by atoms with Gasteiger partial charge in [-0.3, -0.25) is 4.79 Å². The molecule has 3 aromatic rings. The van der Waals surface area contributed by atoms with Crippen molar-refractivity contribution in [2.45, 2.75) is 6.54 Å². The molecular weight excluding hydrogens is 433 g/mol. The summed E-state index contributed by atoms with van der Waals surface area (Å²) in [5.74, 6) is 0.262. The summed E-state index contributed by atoms with van der Waals surface area (Å²) >= 11 is 3.20. The Morgan fingerprint density at radius 2 is 2.00 bits per heavy atom. The summed E-state index contributed by atoms with van der Waals surface area (Å²) in [6.45, 7) is 0.977. The van der Waals surface area contributed by atoms with E-state index in [0.717, 1.165) is 0 Å². The van der Waals surface area contributed by atoms with E-state index in [-0.39, 0.29) is 18.1 Å². The topological polar surface area (TPSA) is 104 Å². The quantitative estimate of drug-likeness (QED) is 0.636. The van der Waals surface area contributed by atoms with Crippen LogP contribution in [0.15, 0.2) is 40.9 Å². The number of ether oxygens (including phenoxy) is 2. The van der Waals surface area contributed by atoms with Crippen molar-refractivity contribution in [1.29, 1.82) is 0 Å². The number of nitrogens with zero attached hydrogens (tertiary/aromatic N) is 3. The first-order valence-corrected chi connectivity index (χ1v) is 9.14. The fraction of sp³-hybridized carbons (Fsp3) is 0.167. The van der Waals surface area contributed by atoms with Crippen LogP contribution in [0.5, 0.6) is 11.5 Å². The van der Waals surface area contributed by atoms with E-state index in [1.165, 1.54) is 10.7 Å². The molecule has 0 aliphatic carbocycles. The lowest BCUT2D eigenvalue weighted by atomic mass is 10.2. The van der Waals surface area contributed by atoms with Crippen LogP contribution in [0.25, 0.3) is 0 Å². The number of nitrogen functional groups attached to an aromatic ring is 1. The van der Waals surface area contributed by atoms with E-state index in [0.29, 0.717) is 40.4 Å². The SMILES string of the molecule is Nc1c(C(=O)Nc2ccc3c(c2)OCCO3)nnn1Cc1ccc(Br)cc1F. The third-order valence-electron chi connectivity index (χ3n) is 4.12. The van der Waals surface area contributed by atoms with Crippen molar-refractivity contribution >= 4 is 33.3 Å². The number of hydrogen-bond acceptors (Lipinski definition) is 6. The van der Waals surface area contributed by atoms with Gasteiger partial charge in [0.1, 0.15) is 19.0 Å². The predicted octanol–water partition coefficient (Wildman–Crippen LogP) is 2.83. The molecule has 1 aliphatic heterocycles. The highest BCUT2D eigenvalue weighted by Gasteiger charge is 2.20. The fourth-order valence-electron chi connectivity index (χ4n) is 2.72. The maximum atomic E-state index is 14.0. The molecule has 0 spiro atoms. The van der Waals surface area contributed by atoms with Crippen molar-refractivity contribution in [3.05, 3.63) is 57.9 Å². The average molecular weight is 448 g/mol. The van der Waals surface area contributed by atoms with Gasteiger partial charge >= 0.3 is 0 Å². The van der Waals surface area contributed by atoms with Gasteiger partial charge in [-0.2, -0.15) is 0 Å². The number of nitrogens with one attached hydrogen (secondary N) is 1. The number of amides is 1. The van der Waals surface area contributed by atoms with Crippen molar-refractivity contribution in [2.24, 2.45) is 0 Å². The van der Waals surface area contributed by atoms with Gasteiger partial charge in [0.05, 0.1) is 6.54 Å². The zero-order valence-corrected chi connectivity index (χ0v) is 16.1. The molecule has 0 unspecified atom stereocenters. The Balaban J connectivity index is 1.51. The summed E-state index contributed by atoms with van der Waals surface area (Å²) in [5, 5.41) is 10.4. The van der Waals surface area contributed by atoms with Gasteiger partial charge in [-0.25, -0.2) is 9.07 Å². The van der Waals surface area contributed by atoms with Crippen molar-refractivity contribution < 1.29 is 18.7 Å². The molecule has 0 radical (unpaired) electrons. The van der Waals surface area contributed by atoms with Gasteiger partial charge in [0.2, 0.25) is 0 Å². The largest absolute Gasteiger partial charge is 0.486 e. The van der Waals surface area contributed by atoms with E-state index in [1.807, 2.05) is 0 Å². The van der Waals surface area contributed by atoms with Gasteiger partial charge in [-0.05, 0) is 24.3 Å². The molecule has 4 rings (SSSR count). The van der Waals surface area contributed by atoms with Crippen LogP contribution >= 0.6 is 15.9 Å². The first-order valence-electron chi connectivity index (χ1n) is 8.35. The molecule has 10 heteroatoms. The summed E-state index contributed by atoms with van der Waals surface area (Å²) in [5.41, 5.74) is 6.82. The number of hydrogen-bond donors (Lipinski definition) is 2. The number of carbonyl (C=O) groups is 1. The smallest absolute Gasteiger partial charge is 0.280 e. The van der Waals surface area contributed by atoms with E-state index in [4.69, 9.17) is 15.2 Å². The Morgan fingerprint density at radius 3 is 2.79 bits per heavy atom. The zero-order valence-electron chi connectivity index (χ0n) is 14.5. The second-order valence-corrected chi connectivity index (χ2v) is 6.94. The molecule has 0 saturated heterocycles. The minimum Gasteiger partial charge on any atom is -0.486 e. The number of aromatic nitrogens is 3. The molecule has 1 aliphatic rings. The van der Waals surface area contributed by atoms with E-state index < -0.39 is 11.7 Å². The van der Waals surface area contributed by atoms with Crippen LogP contribution in [-0.2, 0) is 6.54 Å². The minimum absolute atomic E-state index is 0.0392. The molecule has 0 fully saturated rings. The Hall–Kier alpha value is -3.14. The molecule has 2 heterocycles. The van der Waals surface area contributed by atoms with Crippen LogP contribution < -0.4 is 20.5 Å². The van der Waals surface area contributed by atoms with Gasteiger partial charge in [0.15, 0.2) is 23.0 Å². The van der Waals surface area contributed by atoms with Gasteiger partial charge in [-0.15, -0.1) is 5.10 Å². The van der Waals surface area contributed by atoms with E-state index in [2.05, 4.69) is 31.6 Å². The van der Waals surface area contributed by atoms with E-state index >= 15 is 0 Å². The van der Waals surface area contributed by atoms with Crippen LogP contribution in [0.4, 0.5) is 15.9 Å². The van der Waals surface area contributed by atoms with Crippen molar-refractivity contribution in [3.63, 3.8) is 0 Å². The lowest BCUT2D eigenvalue weighted by Gasteiger charge is -2.18. The molecule has 1 amide bonds. The summed E-state index contributed by atoms with van der Waals surface area (Å²) < 4.78 is 26.9. The maximum Gasteiger partial charge on any atom is 0.280 e. The van der Waals surface area contributed by atoms with Crippen LogP contribution in [0.2, 0.25) is 0 Å². The number of benzene rings is 2. The number of fused-ring (bicyclic) bond motifs is 1. The third kappa shape index (κ3) is 3.63. The monoisotopic (exact) mass is 447 g/mol. The second-order valence-electron chi connectivity index (χ2n) is 6.03. The number of halogens is 2. The number of carbonyl (C=O) groups excluding carboxylic acids is 1. The fourth-order valence-corrected chi connectivity index (χ4v) is 3.05. The molecule has 2 aromatic carbocycles. The van der Waals surface area contributed by atoms with Crippen LogP contribution in [-0.4, -0.2) is 34.1 Å². The van der Waals surface area contributed by atoms with Crippen LogP contribution in [0, 0.1) is 5.82 Å². The molecule has 0 saturated carbocycles. The average Bonchev–Trinajstić information content (AvgIpc) is 3.04. The Morgan fingerprint density at radius 1 is 1.21 bits per heavy atom. The summed E-state index contributed by atoms with van der Waals surface area (Å²) in [7, 11) is 0. The highest BCUT2D eigenvalue weighted by molar-refractivity contribution is 9.10. The highest BCUT2D eigenvalue weighted by atomic mass is 79.9. The molecule has 0 atom stereocenters. The van der Waals surface area contributed by atoms with Gasteiger partial charge in [0, 0.05) is 21.8 Å². The molecular formula is C18H15BrFN5O3. The lowest BCUT2D eigenvalue weighted by molar-refractivity contribution is 0.102. The molecule has 0 bridgehead atoms. The minimum atomic E-state index is -0.531. The Labute approximate surface area is 167 Å². The first kappa shape index (κ1) is 18.2. The second kappa shape index (κ2) is 7.47. The van der Waals surface area contributed by atoms with Crippen molar-refractivity contribution in [2.75, 3.05) is 24.3 Å². The number of rotatable bonds is 4. The van der Waals surface area contributed by atoms with Crippen LogP contribution in [0.3, 0.4) is 0 Å². The number of anilines is 2. The van der Waals surface area contributed by atoms with Gasteiger partial charge < -0.3 is 20.5 Å². The molecule has 28 heavy (non-hydrogen) atoms. The third-order valence-corrected chi connectivity index (χ3v) is 4.62.